The average molecular weight is 298 g/mol. The summed E-state index contributed by atoms with van der Waals surface area (Å²) in [4.78, 5) is 13.0. The van der Waals surface area contributed by atoms with Crippen molar-refractivity contribution >= 4 is 27.3 Å². The molecule has 0 aliphatic carbocycles. The number of carbonyl (C=O) groups is 1. The van der Waals surface area contributed by atoms with Gasteiger partial charge in [0.15, 0.2) is 9.84 Å². The molecule has 20 heavy (non-hydrogen) atoms. The van der Waals surface area contributed by atoms with E-state index in [9.17, 15) is 13.2 Å². The summed E-state index contributed by atoms with van der Waals surface area (Å²) in [6.07, 6.45) is 0.133. The fraction of sp³-hybridized carbons (Fsp3) is 0.462. The Morgan fingerprint density at radius 3 is 2.50 bits per heavy atom. The number of benzene rings is 1. The average Bonchev–Trinajstić information content (AvgIpc) is 2.79. The first-order chi connectivity index (χ1) is 9.41. The lowest BCUT2D eigenvalue weighted by atomic mass is 10.2. The molecule has 1 unspecified atom stereocenters. The summed E-state index contributed by atoms with van der Waals surface area (Å²) in [6, 6.07) is 7.21. The van der Waals surface area contributed by atoms with Gasteiger partial charge in [0.2, 0.25) is 0 Å². The minimum absolute atomic E-state index is 0.0133. The standard InChI is InChI=1S/C13H18N2O4S/c1-15(12-7-8-20(17,18)9-12)11-5-3-10(4-6-11)14-13(16)19-2/h3-6,12H,7-9H2,1-2H3,(H,14,16). The van der Waals surface area contributed by atoms with E-state index in [1.807, 2.05) is 24.1 Å². The van der Waals surface area contributed by atoms with E-state index in [0.29, 0.717) is 12.1 Å². The number of anilines is 2. The second-order valence-corrected chi connectivity index (χ2v) is 7.06. The minimum atomic E-state index is -2.89. The Bertz CT molecular complexity index is 583. The van der Waals surface area contributed by atoms with Gasteiger partial charge in [0.05, 0.1) is 18.6 Å². The highest BCUT2D eigenvalue weighted by molar-refractivity contribution is 7.91. The van der Waals surface area contributed by atoms with Crippen molar-refractivity contribution < 1.29 is 17.9 Å². The minimum Gasteiger partial charge on any atom is -0.453 e. The van der Waals surface area contributed by atoms with Crippen molar-refractivity contribution in [3.05, 3.63) is 24.3 Å². The van der Waals surface area contributed by atoms with E-state index in [-0.39, 0.29) is 17.5 Å². The molecule has 1 aromatic carbocycles. The van der Waals surface area contributed by atoms with Crippen molar-refractivity contribution in [2.24, 2.45) is 0 Å². The van der Waals surface area contributed by atoms with Crippen LogP contribution in [-0.2, 0) is 14.6 Å². The van der Waals surface area contributed by atoms with Gasteiger partial charge in [-0.3, -0.25) is 5.32 Å². The summed E-state index contributed by atoms with van der Waals surface area (Å²) in [5, 5.41) is 2.56. The van der Waals surface area contributed by atoms with E-state index in [4.69, 9.17) is 0 Å². The number of rotatable bonds is 3. The first-order valence-corrected chi connectivity index (χ1v) is 8.12. The van der Waals surface area contributed by atoms with Crippen LogP contribution in [0.25, 0.3) is 0 Å². The molecule has 0 aromatic heterocycles. The van der Waals surface area contributed by atoms with Crippen LogP contribution in [0.4, 0.5) is 16.2 Å². The third kappa shape index (κ3) is 3.41. The Labute approximate surface area is 118 Å². The lowest BCUT2D eigenvalue weighted by Crippen LogP contribution is -2.32. The van der Waals surface area contributed by atoms with Crippen LogP contribution in [0.1, 0.15) is 6.42 Å². The zero-order valence-electron chi connectivity index (χ0n) is 11.5. The molecule has 1 aliphatic rings. The first-order valence-electron chi connectivity index (χ1n) is 6.29. The van der Waals surface area contributed by atoms with Crippen molar-refractivity contribution in [1.29, 1.82) is 0 Å². The molecule has 1 fully saturated rings. The van der Waals surface area contributed by atoms with E-state index < -0.39 is 15.9 Å². The van der Waals surface area contributed by atoms with Crippen molar-refractivity contribution in [3.63, 3.8) is 0 Å². The van der Waals surface area contributed by atoms with Gasteiger partial charge in [-0.15, -0.1) is 0 Å². The molecule has 6 nitrogen and oxygen atoms in total. The molecule has 1 N–H and O–H groups in total. The Kier molecular flexibility index (Phi) is 4.17. The van der Waals surface area contributed by atoms with Gasteiger partial charge in [0, 0.05) is 24.5 Å². The van der Waals surface area contributed by atoms with Crippen molar-refractivity contribution in [2.45, 2.75) is 12.5 Å². The van der Waals surface area contributed by atoms with Crippen molar-refractivity contribution in [3.8, 4) is 0 Å². The lowest BCUT2D eigenvalue weighted by Gasteiger charge is -2.25. The normalized spacial score (nSPS) is 20.4. The maximum Gasteiger partial charge on any atom is 0.411 e. The third-order valence-electron chi connectivity index (χ3n) is 3.46. The summed E-state index contributed by atoms with van der Waals surface area (Å²) in [6.45, 7) is 0. The highest BCUT2D eigenvalue weighted by Crippen LogP contribution is 2.24. The number of nitrogens with one attached hydrogen (secondary N) is 1. The molecule has 0 bridgehead atoms. The molecule has 110 valence electrons. The third-order valence-corrected chi connectivity index (χ3v) is 5.21. The van der Waals surface area contributed by atoms with Gasteiger partial charge >= 0.3 is 6.09 Å². The molecule has 1 atom stereocenters. The fourth-order valence-electron chi connectivity index (χ4n) is 2.24. The smallest absolute Gasteiger partial charge is 0.411 e. The van der Waals surface area contributed by atoms with Gasteiger partial charge < -0.3 is 9.64 Å². The van der Waals surface area contributed by atoms with Gasteiger partial charge in [0.1, 0.15) is 0 Å². The van der Waals surface area contributed by atoms with Gasteiger partial charge in [-0.2, -0.15) is 0 Å². The number of carbonyl (C=O) groups excluding carboxylic acids is 1. The monoisotopic (exact) mass is 298 g/mol. The number of nitrogens with zero attached hydrogens (tertiary/aromatic N) is 1. The van der Waals surface area contributed by atoms with Crippen LogP contribution in [0.15, 0.2) is 24.3 Å². The van der Waals surface area contributed by atoms with Crippen LogP contribution in [0.3, 0.4) is 0 Å². The molecule has 1 saturated heterocycles. The van der Waals surface area contributed by atoms with Crippen molar-refractivity contribution in [2.75, 3.05) is 35.9 Å². The summed E-state index contributed by atoms with van der Waals surface area (Å²) < 4.78 is 27.5. The summed E-state index contributed by atoms with van der Waals surface area (Å²) in [5.41, 5.74) is 1.55. The van der Waals surface area contributed by atoms with E-state index in [1.54, 1.807) is 12.1 Å². The van der Waals surface area contributed by atoms with Gasteiger partial charge in [-0.1, -0.05) is 0 Å². The van der Waals surface area contributed by atoms with Gasteiger partial charge in [-0.05, 0) is 30.7 Å². The number of ether oxygens (including phenoxy) is 1. The fourth-order valence-corrected chi connectivity index (χ4v) is 4.01. The molecule has 1 aliphatic heterocycles. The molecule has 7 heteroatoms. The second kappa shape index (κ2) is 5.70. The predicted octanol–water partition coefficient (Wildman–Crippen LogP) is 1.49. The van der Waals surface area contributed by atoms with E-state index in [0.717, 1.165) is 5.69 Å². The number of amides is 1. The van der Waals surface area contributed by atoms with Crippen LogP contribution in [0.2, 0.25) is 0 Å². The maximum absolute atomic E-state index is 11.5. The molecule has 1 aromatic rings. The molecule has 0 radical (unpaired) electrons. The van der Waals surface area contributed by atoms with Gasteiger partial charge in [-0.25, -0.2) is 13.2 Å². The Morgan fingerprint density at radius 1 is 1.35 bits per heavy atom. The zero-order chi connectivity index (χ0) is 14.8. The summed E-state index contributed by atoms with van der Waals surface area (Å²) >= 11 is 0. The van der Waals surface area contributed by atoms with E-state index in [1.165, 1.54) is 7.11 Å². The van der Waals surface area contributed by atoms with E-state index in [2.05, 4.69) is 10.1 Å². The van der Waals surface area contributed by atoms with Crippen LogP contribution in [-0.4, -0.2) is 46.2 Å². The van der Waals surface area contributed by atoms with Crippen molar-refractivity contribution in [1.82, 2.24) is 0 Å². The zero-order valence-corrected chi connectivity index (χ0v) is 12.3. The Hall–Kier alpha value is -1.76. The maximum atomic E-state index is 11.5. The number of hydrogen-bond acceptors (Lipinski definition) is 5. The van der Waals surface area contributed by atoms with Crippen LogP contribution < -0.4 is 10.2 Å². The highest BCUT2D eigenvalue weighted by Gasteiger charge is 2.30. The second-order valence-electron chi connectivity index (χ2n) is 4.83. The number of hydrogen-bond donors (Lipinski definition) is 1. The van der Waals surface area contributed by atoms with E-state index >= 15 is 0 Å². The van der Waals surface area contributed by atoms with Crippen LogP contribution in [0, 0.1) is 0 Å². The Morgan fingerprint density at radius 2 is 2.00 bits per heavy atom. The van der Waals surface area contributed by atoms with Crippen LogP contribution >= 0.6 is 0 Å². The molecular formula is C13H18N2O4S. The topological polar surface area (TPSA) is 75.7 Å². The molecule has 1 amide bonds. The Balaban J connectivity index is 2.04. The summed E-state index contributed by atoms with van der Waals surface area (Å²) in [5.74, 6) is 0.454. The number of sulfone groups is 1. The predicted molar refractivity (Wildman–Crippen MR) is 77.9 cm³/mol. The molecule has 2 rings (SSSR count). The molecular weight excluding hydrogens is 280 g/mol. The molecule has 0 spiro atoms. The largest absolute Gasteiger partial charge is 0.453 e. The SMILES string of the molecule is COC(=O)Nc1ccc(N(C)C2CCS(=O)(=O)C2)cc1. The number of methoxy groups -OCH3 is 1. The molecule has 1 heterocycles. The lowest BCUT2D eigenvalue weighted by molar-refractivity contribution is 0.187. The first kappa shape index (κ1) is 14.6. The quantitative estimate of drug-likeness (QED) is 0.915. The highest BCUT2D eigenvalue weighted by atomic mass is 32.2. The summed E-state index contributed by atoms with van der Waals surface area (Å²) in [7, 11) is 0.296. The molecule has 0 saturated carbocycles. The van der Waals surface area contributed by atoms with Gasteiger partial charge in [0.25, 0.3) is 0 Å². The van der Waals surface area contributed by atoms with Crippen LogP contribution in [0.5, 0.6) is 0 Å².